The molecule has 0 fully saturated rings. The van der Waals surface area contributed by atoms with Crippen molar-refractivity contribution >= 4 is 5.97 Å². The average Bonchev–Trinajstić information content (AvgIpc) is 2.26. The number of nitrogens with one attached hydrogen (secondary N) is 1. The molecule has 0 heterocycles. The highest BCUT2D eigenvalue weighted by molar-refractivity contribution is 5.69. The van der Waals surface area contributed by atoms with E-state index in [0.717, 1.165) is 19.3 Å². The highest BCUT2D eigenvalue weighted by Crippen LogP contribution is 2.28. The van der Waals surface area contributed by atoms with E-state index in [4.69, 9.17) is 5.11 Å². The second kappa shape index (κ2) is 4.45. The van der Waals surface area contributed by atoms with Gasteiger partial charge in [0.05, 0.1) is 6.54 Å². The third kappa shape index (κ3) is 2.36. The topological polar surface area (TPSA) is 49.3 Å². The minimum Gasteiger partial charge on any atom is -0.480 e. The molecule has 1 aromatic rings. The maximum absolute atomic E-state index is 10.5. The molecule has 1 aliphatic rings. The van der Waals surface area contributed by atoms with Crippen molar-refractivity contribution in [3.05, 3.63) is 35.4 Å². The quantitative estimate of drug-likeness (QED) is 0.790. The minimum atomic E-state index is -0.793. The molecule has 1 aliphatic carbocycles. The van der Waals surface area contributed by atoms with Gasteiger partial charge in [-0.25, -0.2) is 0 Å². The molecule has 3 heteroatoms. The molecule has 0 bridgehead atoms. The summed E-state index contributed by atoms with van der Waals surface area (Å²) in [6.07, 6.45) is 3.28. The molecule has 0 saturated carbocycles. The van der Waals surface area contributed by atoms with Crippen molar-refractivity contribution in [2.75, 3.05) is 6.54 Å². The molecule has 0 amide bonds. The standard InChI is InChI=1S/C12H15NO2/c14-12(15)8-13-11-7-3-5-9-4-1-2-6-10(9)11/h1-2,4,6,11,13H,3,5,7-8H2,(H,14,15). The van der Waals surface area contributed by atoms with E-state index in [0.29, 0.717) is 0 Å². The second-order valence-corrected chi connectivity index (χ2v) is 3.92. The number of aryl methyl sites for hydroxylation is 1. The van der Waals surface area contributed by atoms with Crippen LogP contribution in [-0.4, -0.2) is 17.6 Å². The van der Waals surface area contributed by atoms with E-state index in [1.807, 2.05) is 12.1 Å². The maximum atomic E-state index is 10.5. The van der Waals surface area contributed by atoms with Crippen molar-refractivity contribution in [2.45, 2.75) is 25.3 Å². The molecule has 2 rings (SSSR count). The monoisotopic (exact) mass is 205 g/mol. The molecule has 0 aromatic heterocycles. The Bertz CT molecular complexity index is 362. The lowest BCUT2D eigenvalue weighted by atomic mass is 9.88. The first-order valence-corrected chi connectivity index (χ1v) is 5.30. The molecule has 15 heavy (non-hydrogen) atoms. The Morgan fingerprint density at radius 1 is 1.47 bits per heavy atom. The molecular formula is C12H15NO2. The smallest absolute Gasteiger partial charge is 0.317 e. The van der Waals surface area contributed by atoms with E-state index < -0.39 is 5.97 Å². The van der Waals surface area contributed by atoms with Gasteiger partial charge in [-0.05, 0) is 30.4 Å². The summed E-state index contributed by atoms with van der Waals surface area (Å²) < 4.78 is 0. The van der Waals surface area contributed by atoms with Crippen LogP contribution in [0.3, 0.4) is 0 Å². The summed E-state index contributed by atoms with van der Waals surface area (Å²) in [4.78, 5) is 10.5. The van der Waals surface area contributed by atoms with E-state index in [1.54, 1.807) is 0 Å². The molecule has 0 radical (unpaired) electrons. The van der Waals surface area contributed by atoms with Crippen LogP contribution in [-0.2, 0) is 11.2 Å². The number of hydrogen-bond donors (Lipinski definition) is 2. The van der Waals surface area contributed by atoms with Crippen molar-refractivity contribution < 1.29 is 9.90 Å². The van der Waals surface area contributed by atoms with E-state index in [2.05, 4.69) is 17.4 Å². The molecule has 0 saturated heterocycles. The molecule has 3 nitrogen and oxygen atoms in total. The zero-order valence-electron chi connectivity index (χ0n) is 8.57. The zero-order chi connectivity index (χ0) is 10.7. The maximum Gasteiger partial charge on any atom is 0.317 e. The van der Waals surface area contributed by atoms with E-state index in [9.17, 15) is 4.79 Å². The van der Waals surface area contributed by atoms with Gasteiger partial charge in [-0.3, -0.25) is 4.79 Å². The van der Waals surface area contributed by atoms with Crippen LogP contribution in [0.4, 0.5) is 0 Å². The molecule has 0 aliphatic heterocycles. The first kappa shape index (κ1) is 10.2. The fraction of sp³-hybridized carbons (Fsp3) is 0.417. The molecule has 80 valence electrons. The largest absolute Gasteiger partial charge is 0.480 e. The predicted molar refractivity (Wildman–Crippen MR) is 57.8 cm³/mol. The van der Waals surface area contributed by atoms with Crippen LogP contribution in [0.25, 0.3) is 0 Å². The summed E-state index contributed by atoms with van der Waals surface area (Å²) in [6.45, 7) is 0.0407. The van der Waals surface area contributed by atoms with Crippen LogP contribution in [0, 0.1) is 0 Å². The summed E-state index contributed by atoms with van der Waals surface area (Å²) in [6, 6.07) is 8.49. The molecule has 1 atom stereocenters. The van der Waals surface area contributed by atoms with Gasteiger partial charge >= 0.3 is 5.97 Å². The molecule has 1 aromatic carbocycles. The van der Waals surface area contributed by atoms with Gasteiger partial charge in [0.25, 0.3) is 0 Å². The second-order valence-electron chi connectivity index (χ2n) is 3.92. The van der Waals surface area contributed by atoms with E-state index >= 15 is 0 Å². The van der Waals surface area contributed by atoms with Crippen LogP contribution in [0.2, 0.25) is 0 Å². The van der Waals surface area contributed by atoms with Gasteiger partial charge in [-0.2, -0.15) is 0 Å². The predicted octanol–water partition coefficient (Wildman–Crippen LogP) is 1.74. The number of benzene rings is 1. The van der Waals surface area contributed by atoms with Crippen molar-refractivity contribution in [1.82, 2.24) is 5.32 Å². The van der Waals surface area contributed by atoms with Crippen molar-refractivity contribution in [1.29, 1.82) is 0 Å². The van der Waals surface area contributed by atoms with Gasteiger partial charge in [0.1, 0.15) is 0 Å². The Morgan fingerprint density at radius 3 is 3.07 bits per heavy atom. The summed E-state index contributed by atoms with van der Waals surface area (Å²) >= 11 is 0. The van der Waals surface area contributed by atoms with Gasteiger partial charge in [0, 0.05) is 6.04 Å². The average molecular weight is 205 g/mol. The van der Waals surface area contributed by atoms with E-state index in [-0.39, 0.29) is 12.6 Å². The number of carboxylic acids is 1. The Morgan fingerprint density at radius 2 is 2.27 bits per heavy atom. The van der Waals surface area contributed by atoms with Gasteiger partial charge < -0.3 is 10.4 Å². The number of carbonyl (C=O) groups is 1. The van der Waals surface area contributed by atoms with Crippen LogP contribution < -0.4 is 5.32 Å². The van der Waals surface area contributed by atoms with Crippen LogP contribution >= 0.6 is 0 Å². The first-order valence-electron chi connectivity index (χ1n) is 5.30. The highest BCUT2D eigenvalue weighted by Gasteiger charge is 2.19. The lowest BCUT2D eigenvalue weighted by molar-refractivity contribution is -0.136. The van der Waals surface area contributed by atoms with Crippen LogP contribution in [0.5, 0.6) is 0 Å². The van der Waals surface area contributed by atoms with E-state index in [1.165, 1.54) is 11.1 Å². The number of fused-ring (bicyclic) bond motifs is 1. The molecule has 2 N–H and O–H groups in total. The number of carboxylic acid groups (broad SMARTS) is 1. The Balaban J connectivity index is 2.11. The summed E-state index contributed by atoms with van der Waals surface area (Å²) in [5.41, 5.74) is 2.62. The number of rotatable bonds is 3. The third-order valence-electron chi connectivity index (χ3n) is 2.87. The van der Waals surface area contributed by atoms with Crippen molar-refractivity contribution in [2.24, 2.45) is 0 Å². The van der Waals surface area contributed by atoms with Gasteiger partial charge in [-0.15, -0.1) is 0 Å². The van der Waals surface area contributed by atoms with Crippen LogP contribution in [0.1, 0.15) is 30.0 Å². The normalized spacial score (nSPS) is 19.6. The van der Waals surface area contributed by atoms with Crippen molar-refractivity contribution in [3.63, 3.8) is 0 Å². The first-order chi connectivity index (χ1) is 7.27. The molecule has 1 unspecified atom stereocenters. The van der Waals surface area contributed by atoms with Crippen molar-refractivity contribution in [3.8, 4) is 0 Å². The Hall–Kier alpha value is -1.35. The fourth-order valence-electron chi connectivity index (χ4n) is 2.18. The van der Waals surface area contributed by atoms with Gasteiger partial charge in [0.15, 0.2) is 0 Å². The summed E-state index contributed by atoms with van der Waals surface area (Å²) in [5.74, 6) is -0.793. The zero-order valence-corrected chi connectivity index (χ0v) is 8.57. The lowest BCUT2D eigenvalue weighted by Crippen LogP contribution is -2.29. The fourth-order valence-corrected chi connectivity index (χ4v) is 2.18. The number of aliphatic carboxylic acids is 1. The van der Waals surface area contributed by atoms with Gasteiger partial charge in [-0.1, -0.05) is 24.3 Å². The summed E-state index contributed by atoms with van der Waals surface area (Å²) in [7, 11) is 0. The minimum absolute atomic E-state index is 0.0407. The Kier molecular flexibility index (Phi) is 3.02. The van der Waals surface area contributed by atoms with Gasteiger partial charge in [0.2, 0.25) is 0 Å². The van der Waals surface area contributed by atoms with Crippen LogP contribution in [0.15, 0.2) is 24.3 Å². The number of hydrogen-bond acceptors (Lipinski definition) is 2. The summed E-state index contributed by atoms with van der Waals surface area (Å²) in [5, 5.41) is 11.7. The Labute approximate surface area is 89.1 Å². The molecular weight excluding hydrogens is 190 g/mol. The third-order valence-corrected chi connectivity index (χ3v) is 2.87. The SMILES string of the molecule is O=C(O)CNC1CCCc2ccccc21. The highest BCUT2D eigenvalue weighted by atomic mass is 16.4. The molecule has 0 spiro atoms. The lowest BCUT2D eigenvalue weighted by Gasteiger charge is -2.25.